The van der Waals surface area contributed by atoms with E-state index in [0.29, 0.717) is 0 Å². The molecule has 0 rings (SSSR count). The maximum absolute atomic E-state index is 0. The van der Waals surface area contributed by atoms with E-state index >= 15 is 0 Å². The van der Waals surface area contributed by atoms with Crippen molar-refractivity contribution in [3.63, 3.8) is 0 Å². The summed E-state index contributed by atoms with van der Waals surface area (Å²) in [6.45, 7) is 0. The van der Waals surface area contributed by atoms with E-state index in [9.17, 15) is 0 Å². The zero-order chi connectivity index (χ0) is 0. The van der Waals surface area contributed by atoms with Crippen molar-refractivity contribution in [2.75, 3.05) is 0 Å². The van der Waals surface area contributed by atoms with Crippen molar-refractivity contribution in [3.05, 3.63) is 0 Å². The smallest absolute Gasteiger partial charge is 2.00 e. The molecule has 0 aromatic heterocycles. The Balaban J connectivity index is 0. The third-order valence-electron chi connectivity index (χ3n) is 0. The molecule has 0 spiro atoms. The number of hydrogen-bond acceptors (Lipinski definition) is 0. The summed E-state index contributed by atoms with van der Waals surface area (Å²) in [4.78, 5) is 0. The van der Waals surface area contributed by atoms with Gasteiger partial charge in [-0.3, -0.25) is 0 Å². The molecule has 0 radical (unpaired) electrons. The fraction of sp³-hybridized carbons (Fsp3) is 0. The predicted molar refractivity (Wildman–Crippen MR) is 27.8 cm³/mol. The molecule has 0 aliphatic carbocycles. The minimum absolute atomic E-state index is 0. The molecule has 0 bridgehead atoms. The summed E-state index contributed by atoms with van der Waals surface area (Å²) in [6.07, 6.45) is 0. The maximum atomic E-state index is 0. The summed E-state index contributed by atoms with van der Waals surface area (Å²) in [6, 6.07) is 0. The second-order valence-corrected chi connectivity index (χ2v) is 0. The quantitative estimate of drug-likeness (QED) is 0.382. The van der Waals surface area contributed by atoms with Crippen LogP contribution in [0.15, 0.2) is 0 Å². The second-order valence-electron chi connectivity index (χ2n) is 0. The molecule has 0 saturated carbocycles. The van der Waals surface area contributed by atoms with E-state index in [4.69, 9.17) is 0 Å². The molecule has 0 aliphatic heterocycles. The molecule has 0 atom stereocenters. The Morgan fingerprint density at radius 3 is 0.308 bits per heavy atom. The van der Waals surface area contributed by atoms with Gasteiger partial charge in [-0.2, -0.15) is 0 Å². The van der Waals surface area contributed by atoms with Crippen LogP contribution in [-0.4, -0.2) is 81.3 Å². The zero-order valence-electron chi connectivity index (χ0n) is 7.27. The van der Waals surface area contributed by atoms with E-state index in [-0.39, 0.29) is 157 Å². The van der Waals surface area contributed by atoms with Gasteiger partial charge in [0.1, 0.15) is 0 Å². The predicted octanol–water partition coefficient (Wildman–Crippen LogP) is -8.35. The first kappa shape index (κ1) is 320. The molecule has 0 unspecified atom stereocenters. The van der Waals surface area contributed by atoms with Crippen LogP contribution in [0.4, 0.5) is 0 Å². The van der Waals surface area contributed by atoms with E-state index in [1.54, 1.807) is 0 Å². The van der Waals surface area contributed by atoms with Gasteiger partial charge in [-0.05, 0) is 0 Å². The Hall–Kier alpha value is 3.53. The Morgan fingerprint density at radius 1 is 0.308 bits per heavy atom. The van der Waals surface area contributed by atoms with Crippen LogP contribution in [0, 0.1) is 0 Å². The fourth-order valence-corrected chi connectivity index (χ4v) is 0. The average molecular weight is 320 g/mol. The summed E-state index contributed by atoms with van der Waals surface area (Å²) >= 11 is 0. The standard InChI is InChI=1S/2Ge.2Li.2Mg.7O/q2*+4;2*+1;2*+2;7*-2. The molecule has 0 saturated heterocycles. The average Bonchev–Trinajstić information content (AvgIpc) is 0. The Morgan fingerprint density at radius 2 is 0.308 bits per heavy atom. The topological polar surface area (TPSA) is 200 Å². The molecule has 56 valence electrons. The maximum Gasteiger partial charge on any atom is 4.00 e. The molecule has 0 amide bonds. The minimum Gasteiger partial charge on any atom is -2.00 e. The van der Waals surface area contributed by atoms with E-state index in [0.717, 1.165) is 0 Å². The van der Waals surface area contributed by atoms with E-state index in [2.05, 4.69) is 0 Å². The number of rotatable bonds is 0. The zero-order valence-corrected chi connectivity index (χ0v) is 14.3. The van der Waals surface area contributed by atoms with Crippen molar-refractivity contribution in [1.29, 1.82) is 0 Å². The third kappa shape index (κ3) is 228. The van der Waals surface area contributed by atoms with E-state index in [1.165, 1.54) is 0 Å². The summed E-state index contributed by atoms with van der Waals surface area (Å²) in [7, 11) is 0. The van der Waals surface area contributed by atoms with Crippen molar-refractivity contribution in [2.45, 2.75) is 0 Å². The van der Waals surface area contributed by atoms with Crippen LogP contribution in [0.1, 0.15) is 0 Å². The van der Waals surface area contributed by atoms with Crippen LogP contribution in [-0.2, 0) is 38.3 Å². The van der Waals surface area contributed by atoms with Crippen molar-refractivity contribution in [3.8, 4) is 0 Å². The second kappa shape index (κ2) is 263. The van der Waals surface area contributed by atoms with Gasteiger partial charge < -0.3 is 38.3 Å². The first-order valence-corrected chi connectivity index (χ1v) is 0. The third-order valence-corrected chi connectivity index (χ3v) is 0. The number of hydrogen-bond donors (Lipinski definition) is 0. The van der Waals surface area contributed by atoms with Gasteiger partial charge in [0.05, 0.1) is 0 Å². The van der Waals surface area contributed by atoms with Gasteiger partial charge in [-0.1, -0.05) is 0 Å². The van der Waals surface area contributed by atoms with Crippen LogP contribution in [0.25, 0.3) is 0 Å². The van der Waals surface area contributed by atoms with Crippen molar-refractivity contribution >= 4 is 81.3 Å². The normalized spacial score (nSPS) is 0. The molecule has 0 aromatic carbocycles. The molecule has 0 heterocycles. The molecule has 0 aliphatic rings. The summed E-state index contributed by atoms with van der Waals surface area (Å²) in [5, 5.41) is 0. The van der Waals surface area contributed by atoms with Crippen molar-refractivity contribution in [2.24, 2.45) is 0 Å². The Labute approximate surface area is 155 Å². The van der Waals surface area contributed by atoms with Gasteiger partial charge >= 0.3 is 119 Å². The summed E-state index contributed by atoms with van der Waals surface area (Å²) in [5.41, 5.74) is 0. The molecular formula is Ge2Li2Mg2O7. The van der Waals surface area contributed by atoms with E-state index < -0.39 is 0 Å². The molecule has 7 nitrogen and oxygen atoms in total. The van der Waals surface area contributed by atoms with Crippen molar-refractivity contribution in [1.82, 2.24) is 0 Å². The van der Waals surface area contributed by atoms with Crippen LogP contribution >= 0.6 is 0 Å². The van der Waals surface area contributed by atoms with E-state index in [1.807, 2.05) is 0 Å². The Bertz CT molecular complexity index is 22.5. The minimum atomic E-state index is 0. The first-order chi connectivity index (χ1) is 0. The van der Waals surface area contributed by atoms with Gasteiger partial charge in [-0.15, -0.1) is 0 Å². The Kier molecular flexibility index (Phi) is 6460. The van der Waals surface area contributed by atoms with Gasteiger partial charge in [0.2, 0.25) is 0 Å². The summed E-state index contributed by atoms with van der Waals surface area (Å²) < 4.78 is 0. The van der Waals surface area contributed by atoms with Crippen molar-refractivity contribution < 1.29 is 76.1 Å². The van der Waals surface area contributed by atoms with Crippen LogP contribution in [0.3, 0.4) is 0 Å². The molecule has 0 fully saturated rings. The molecule has 13 heteroatoms. The van der Waals surface area contributed by atoms with Crippen LogP contribution in [0.5, 0.6) is 0 Å². The van der Waals surface area contributed by atoms with Crippen LogP contribution in [0.2, 0.25) is 0 Å². The summed E-state index contributed by atoms with van der Waals surface area (Å²) in [5.74, 6) is 0. The monoisotopic (exact) mass is 322 g/mol. The molecule has 0 N–H and O–H groups in total. The van der Waals surface area contributed by atoms with Gasteiger partial charge in [0.25, 0.3) is 0 Å². The largest absolute Gasteiger partial charge is 4.00 e. The van der Waals surface area contributed by atoms with Gasteiger partial charge in [0.15, 0.2) is 0 Å². The molecule has 0 aromatic rings. The fourth-order valence-electron chi connectivity index (χ4n) is 0. The van der Waals surface area contributed by atoms with Crippen LogP contribution < -0.4 is 37.7 Å². The SMILES string of the molecule is [Ge+4].[Ge+4].[Li+].[Li+].[Mg+2].[Mg+2].[O-2].[O-2].[O-2].[O-2].[O-2].[O-2].[O-2]. The first-order valence-electron chi connectivity index (χ1n) is 0. The molecule has 13 heavy (non-hydrogen) atoms. The van der Waals surface area contributed by atoms with Gasteiger partial charge in [-0.25, -0.2) is 0 Å². The van der Waals surface area contributed by atoms with Gasteiger partial charge in [0, 0.05) is 0 Å². The molecular weight excluding hydrogens is 320 g/mol.